The molecule has 0 radical (unpaired) electrons. The van der Waals surface area contributed by atoms with Gasteiger partial charge in [0.1, 0.15) is 0 Å². The minimum absolute atomic E-state index is 0.215. The van der Waals surface area contributed by atoms with Gasteiger partial charge in [0.25, 0.3) is 5.91 Å². The number of H-pyrrole nitrogens is 1. The Bertz CT molecular complexity index is 755. The molecule has 5 heteroatoms. The third kappa shape index (κ3) is 1.89. The monoisotopic (exact) mass is 255 g/mol. The summed E-state index contributed by atoms with van der Waals surface area (Å²) >= 11 is 0. The summed E-state index contributed by atoms with van der Waals surface area (Å²) < 4.78 is 5.09. The van der Waals surface area contributed by atoms with E-state index >= 15 is 0 Å². The molecule has 0 spiro atoms. The van der Waals surface area contributed by atoms with Crippen molar-refractivity contribution in [2.45, 2.75) is 13.8 Å². The highest BCUT2D eigenvalue weighted by Gasteiger charge is 2.15. The van der Waals surface area contributed by atoms with Crippen molar-refractivity contribution < 1.29 is 9.32 Å². The highest BCUT2D eigenvalue weighted by molar-refractivity contribution is 6.11. The normalized spacial score (nSPS) is 10.8. The van der Waals surface area contributed by atoms with Crippen molar-refractivity contribution in [3.8, 4) is 0 Å². The molecule has 3 rings (SSSR count). The molecule has 0 atom stereocenters. The number of aromatic amines is 1. The van der Waals surface area contributed by atoms with Gasteiger partial charge in [-0.25, -0.2) is 0 Å². The summed E-state index contributed by atoms with van der Waals surface area (Å²) in [6, 6.07) is 7.50. The Morgan fingerprint density at radius 2 is 2.16 bits per heavy atom. The first-order valence-corrected chi connectivity index (χ1v) is 5.97. The van der Waals surface area contributed by atoms with E-state index < -0.39 is 0 Å². The van der Waals surface area contributed by atoms with Crippen LogP contribution < -0.4 is 5.32 Å². The number of aromatic nitrogens is 2. The lowest BCUT2D eigenvalue weighted by Gasteiger charge is -2.03. The van der Waals surface area contributed by atoms with Gasteiger partial charge in [-0.1, -0.05) is 17.3 Å². The van der Waals surface area contributed by atoms with Crippen molar-refractivity contribution in [1.82, 2.24) is 10.1 Å². The lowest BCUT2D eigenvalue weighted by atomic mass is 10.1. The Morgan fingerprint density at radius 1 is 1.32 bits per heavy atom. The Labute approximate surface area is 109 Å². The second-order valence-electron chi connectivity index (χ2n) is 4.42. The number of aryl methyl sites for hydroxylation is 1. The largest absolute Gasteiger partial charge is 0.361 e. The maximum Gasteiger partial charge on any atom is 0.260 e. The van der Waals surface area contributed by atoms with E-state index in [0.717, 1.165) is 22.2 Å². The fourth-order valence-electron chi connectivity index (χ4n) is 1.98. The summed E-state index contributed by atoms with van der Waals surface area (Å²) in [5.74, 6) is 0.179. The van der Waals surface area contributed by atoms with Gasteiger partial charge in [-0.05, 0) is 26.0 Å². The molecular formula is C14H13N3O2. The Kier molecular flexibility index (Phi) is 2.59. The number of nitrogens with zero attached hydrogens (tertiary/aromatic N) is 1. The van der Waals surface area contributed by atoms with Gasteiger partial charge in [-0.15, -0.1) is 0 Å². The van der Waals surface area contributed by atoms with Gasteiger partial charge < -0.3 is 9.51 Å². The van der Waals surface area contributed by atoms with Crippen LogP contribution in [0.2, 0.25) is 0 Å². The Balaban J connectivity index is 1.96. The first-order valence-electron chi connectivity index (χ1n) is 5.97. The molecule has 2 N–H and O–H groups in total. The average molecular weight is 255 g/mol. The maximum absolute atomic E-state index is 12.3. The highest BCUT2D eigenvalue weighted by Crippen LogP contribution is 2.21. The molecule has 5 nitrogen and oxygen atoms in total. The van der Waals surface area contributed by atoms with E-state index in [0.29, 0.717) is 11.4 Å². The number of carbonyl (C=O) groups is 1. The average Bonchev–Trinajstić information content (AvgIpc) is 3.00. The number of nitrogens with one attached hydrogen (secondary N) is 2. The van der Waals surface area contributed by atoms with Crippen LogP contribution in [-0.2, 0) is 0 Å². The lowest BCUT2D eigenvalue weighted by molar-refractivity contribution is 0.102. The van der Waals surface area contributed by atoms with Gasteiger partial charge in [0.2, 0.25) is 5.88 Å². The van der Waals surface area contributed by atoms with Crippen LogP contribution in [0, 0.1) is 13.8 Å². The third-order valence-corrected chi connectivity index (χ3v) is 3.22. The zero-order chi connectivity index (χ0) is 13.4. The molecule has 3 aromatic rings. The van der Waals surface area contributed by atoms with E-state index in [2.05, 4.69) is 15.5 Å². The first kappa shape index (κ1) is 11.5. The number of fused-ring (bicyclic) bond motifs is 1. The SMILES string of the molecule is Cc1noc(NC(=O)c2cccc3cc[nH]c23)c1C. The highest BCUT2D eigenvalue weighted by atomic mass is 16.5. The maximum atomic E-state index is 12.3. The van der Waals surface area contributed by atoms with E-state index in [1.54, 1.807) is 6.07 Å². The molecule has 19 heavy (non-hydrogen) atoms. The zero-order valence-corrected chi connectivity index (χ0v) is 10.7. The minimum atomic E-state index is -0.215. The van der Waals surface area contributed by atoms with Crippen LogP contribution in [-0.4, -0.2) is 16.0 Å². The second kappa shape index (κ2) is 4.28. The molecule has 96 valence electrons. The van der Waals surface area contributed by atoms with Crippen molar-refractivity contribution in [3.63, 3.8) is 0 Å². The van der Waals surface area contributed by atoms with Crippen molar-refractivity contribution in [2.75, 3.05) is 5.32 Å². The van der Waals surface area contributed by atoms with E-state index in [1.807, 2.05) is 38.2 Å². The summed E-state index contributed by atoms with van der Waals surface area (Å²) in [4.78, 5) is 15.3. The molecule has 0 bridgehead atoms. The molecule has 0 unspecified atom stereocenters. The molecule has 0 saturated carbocycles. The standard InChI is InChI=1S/C14H13N3O2/c1-8-9(2)17-19-14(8)16-13(18)11-5-3-4-10-6-7-15-12(10)11/h3-7,15H,1-2H3,(H,16,18). The number of hydrogen-bond donors (Lipinski definition) is 2. The van der Waals surface area contributed by atoms with E-state index in [-0.39, 0.29) is 5.91 Å². The quantitative estimate of drug-likeness (QED) is 0.739. The van der Waals surface area contributed by atoms with Crippen LogP contribution in [0.15, 0.2) is 35.0 Å². The van der Waals surface area contributed by atoms with Gasteiger partial charge in [0.05, 0.1) is 16.8 Å². The van der Waals surface area contributed by atoms with Gasteiger partial charge in [0.15, 0.2) is 0 Å². The number of benzene rings is 1. The fraction of sp³-hybridized carbons (Fsp3) is 0.143. The second-order valence-corrected chi connectivity index (χ2v) is 4.42. The molecule has 0 fully saturated rings. The molecule has 2 aromatic heterocycles. The summed E-state index contributed by atoms with van der Waals surface area (Å²) in [7, 11) is 0. The lowest BCUT2D eigenvalue weighted by Crippen LogP contribution is -2.12. The van der Waals surface area contributed by atoms with E-state index in [9.17, 15) is 4.79 Å². The number of para-hydroxylation sites is 1. The molecule has 1 aromatic carbocycles. The van der Waals surface area contributed by atoms with Crippen LogP contribution in [0.25, 0.3) is 10.9 Å². The third-order valence-electron chi connectivity index (χ3n) is 3.22. The molecule has 0 saturated heterocycles. The van der Waals surface area contributed by atoms with Gasteiger partial charge >= 0.3 is 0 Å². The van der Waals surface area contributed by atoms with E-state index in [4.69, 9.17) is 4.52 Å². The molecule has 0 aliphatic rings. The number of hydrogen-bond acceptors (Lipinski definition) is 3. The molecule has 0 aliphatic heterocycles. The smallest absolute Gasteiger partial charge is 0.260 e. The number of rotatable bonds is 2. The first-order chi connectivity index (χ1) is 9.16. The van der Waals surface area contributed by atoms with Crippen molar-refractivity contribution in [1.29, 1.82) is 0 Å². The topological polar surface area (TPSA) is 70.9 Å². The molecular weight excluding hydrogens is 242 g/mol. The van der Waals surface area contributed by atoms with Crippen LogP contribution in [0.4, 0.5) is 5.88 Å². The number of carbonyl (C=O) groups excluding carboxylic acids is 1. The van der Waals surface area contributed by atoms with Crippen LogP contribution in [0.5, 0.6) is 0 Å². The van der Waals surface area contributed by atoms with Gasteiger partial charge in [-0.3, -0.25) is 10.1 Å². The van der Waals surface area contributed by atoms with Crippen LogP contribution in [0.3, 0.4) is 0 Å². The van der Waals surface area contributed by atoms with Crippen molar-refractivity contribution >= 4 is 22.7 Å². The fourth-order valence-corrected chi connectivity index (χ4v) is 1.98. The summed E-state index contributed by atoms with van der Waals surface area (Å²) in [5.41, 5.74) is 3.00. The van der Waals surface area contributed by atoms with Crippen LogP contribution in [0.1, 0.15) is 21.6 Å². The Hall–Kier alpha value is -2.56. The van der Waals surface area contributed by atoms with Gasteiger partial charge in [0, 0.05) is 17.1 Å². The summed E-state index contributed by atoms with van der Waals surface area (Å²) in [6.45, 7) is 3.69. The summed E-state index contributed by atoms with van der Waals surface area (Å²) in [6.07, 6.45) is 1.81. The van der Waals surface area contributed by atoms with Gasteiger partial charge in [-0.2, -0.15) is 0 Å². The molecule has 1 amide bonds. The van der Waals surface area contributed by atoms with E-state index in [1.165, 1.54) is 0 Å². The number of anilines is 1. The minimum Gasteiger partial charge on any atom is -0.361 e. The predicted molar refractivity (Wildman–Crippen MR) is 72.2 cm³/mol. The summed E-state index contributed by atoms with van der Waals surface area (Å²) in [5, 5.41) is 7.56. The number of amides is 1. The predicted octanol–water partition coefficient (Wildman–Crippen LogP) is 3.03. The Morgan fingerprint density at radius 3 is 2.89 bits per heavy atom. The van der Waals surface area contributed by atoms with Crippen molar-refractivity contribution in [2.24, 2.45) is 0 Å². The van der Waals surface area contributed by atoms with Crippen LogP contribution >= 0.6 is 0 Å². The van der Waals surface area contributed by atoms with Crippen molar-refractivity contribution in [3.05, 3.63) is 47.3 Å². The molecule has 0 aliphatic carbocycles. The zero-order valence-electron chi connectivity index (χ0n) is 10.7. The molecule has 2 heterocycles.